The molecule has 0 aromatic heterocycles. The predicted octanol–water partition coefficient (Wildman–Crippen LogP) is 2.72. The summed E-state index contributed by atoms with van der Waals surface area (Å²) in [4.78, 5) is 0. The van der Waals surface area contributed by atoms with Crippen LogP contribution in [0.25, 0.3) is 22.3 Å². The van der Waals surface area contributed by atoms with Crippen molar-refractivity contribution < 1.29 is 94.5 Å². The molecular formula is C32H29CmF2KNaO-. The third-order valence-corrected chi connectivity index (χ3v) is 6.45. The van der Waals surface area contributed by atoms with Crippen molar-refractivity contribution in [1.82, 2.24) is 0 Å². The second-order valence-corrected chi connectivity index (χ2v) is 9.43. The van der Waals surface area contributed by atoms with Crippen LogP contribution in [-0.2, 0) is 6.11 Å². The number of aryl methyl sites for hydroxylation is 7. The summed E-state index contributed by atoms with van der Waals surface area (Å²) in [6.45, 7) is 13.6. The Bertz CT molecular complexity index is 1410. The van der Waals surface area contributed by atoms with Gasteiger partial charge in [0.2, 0.25) is 0 Å². The van der Waals surface area contributed by atoms with Crippen molar-refractivity contribution in [2.75, 3.05) is 0 Å². The summed E-state index contributed by atoms with van der Waals surface area (Å²) in [5, 5.41) is 0. The van der Waals surface area contributed by atoms with Crippen LogP contribution in [0, 0.1) is 66.7 Å². The summed E-state index contributed by atoms with van der Waals surface area (Å²) in [7, 11) is 0. The van der Waals surface area contributed by atoms with Gasteiger partial charge in [-0.15, -0.1) is 58.1 Å². The maximum absolute atomic E-state index is 15.1. The largest absolute Gasteiger partial charge is 1.00 e. The van der Waals surface area contributed by atoms with Crippen LogP contribution in [0.4, 0.5) is 8.78 Å². The molecule has 0 aliphatic carbocycles. The molecule has 0 aliphatic rings. The van der Waals surface area contributed by atoms with E-state index in [0.717, 1.165) is 44.5 Å². The normalized spacial score (nSPS) is 10.7. The minimum Gasteiger partial charge on any atom is -0.495 e. The van der Waals surface area contributed by atoms with E-state index in [1.807, 2.05) is 33.8 Å². The van der Waals surface area contributed by atoms with Gasteiger partial charge in [-0.1, -0.05) is 69.0 Å². The molecule has 188 valence electrons. The minimum absolute atomic E-state index is 0. The smallest absolute Gasteiger partial charge is 0.495 e. The van der Waals surface area contributed by atoms with E-state index in [2.05, 4.69) is 50.2 Å². The average Bonchev–Trinajstić information content (AvgIpc) is 2.75. The van der Waals surface area contributed by atoms with Gasteiger partial charge in [0.05, 0.1) is 0 Å². The van der Waals surface area contributed by atoms with Crippen molar-refractivity contribution >= 4 is 0 Å². The number of benzene rings is 4. The Morgan fingerprint density at radius 3 is 1.82 bits per heavy atom. The van der Waals surface area contributed by atoms with Crippen molar-refractivity contribution in [3.8, 4) is 28.0 Å². The van der Waals surface area contributed by atoms with E-state index >= 15 is 8.78 Å². The SMILES string of the molecule is Cc1c[c-]c(-c2cc(C)c(-c3c[c-]c(C(F)(F)Oc4c[c-]c(C)c(C)c4)c(C)c3)c(C)c2)c(C)c1.[Cm].[K+].[Na+]. The van der Waals surface area contributed by atoms with Gasteiger partial charge in [-0.05, 0) is 19.4 Å². The summed E-state index contributed by atoms with van der Waals surface area (Å²) in [6, 6.07) is 24.0. The number of hydrogen-bond donors (Lipinski definition) is 0. The molecule has 0 bridgehead atoms. The third kappa shape index (κ3) is 7.22. The molecular weight excluding hydrogens is 747 g/mol. The van der Waals surface area contributed by atoms with Crippen molar-refractivity contribution in [1.29, 1.82) is 0 Å². The van der Waals surface area contributed by atoms with Gasteiger partial charge in [-0.2, -0.15) is 44.2 Å². The van der Waals surface area contributed by atoms with E-state index in [1.54, 1.807) is 25.1 Å². The molecule has 4 rings (SSSR count). The second kappa shape index (κ2) is 13.5. The second-order valence-electron chi connectivity index (χ2n) is 9.43. The van der Waals surface area contributed by atoms with Crippen LogP contribution in [-0.4, -0.2) is 0 Å². The molecule has 0 fully saturated rings. The maximum atomic E-state index is 15.1. The quantitative estimate of drug-likeness (QED) is 0.224. The summed E-state index contributed by atoms with van der Waals surface area (Å²) < 4.78 is 35.2. The van der Waals surface area contributed by atoms with Crippen LogP contribution in [0.1, 0.15) is 44.5 Å². The Labute approximate surface area is 284 Å². The maximum Gasteiger partial charge on any atom is 1.00 e. The summed E-state index contributed by atoms with van der Waals surface area (Å²) in [5.41, 5.74) is 10.5. The molecule has 0 heterocycles. The number of ether oxygens (including phenoxy) is 1. The van der Waals surface area contributed by atoms with Gasteiger partial charge in [0.15, 0.2) is 0 Å². The van der Waals surface area contributed by atoms with Crippen molar-refractivity contribution in [3.05, 3.63) is 111 Å². The van der Waals surface area contributed by atoms with Crippen molar-refractivity contribution in [2.24, 2.45) is 0 Å². The first-order chi connectivity index (χ1) is 16.5. The predicted molar refractivity (Wildman–Crippen MR) is 138 cm³/mol. The topological polar surface area (TPSA) is 9.23 Å². The zero-order chi connectivity index (χ0) is 25.5. The summed E-state index contributed by atoms with van der Waals surface area (Å²) in [6.07, 6.45) is -3.51. The Morgan fingerprint density at radius 1 is 0.658 bits per heavy atom. The van der Waals surface area contributed by atoms with E-state index in [-0.39, 0.29) is 92.3 Å². The molecule has 0 saturated heterocycles. The van der Waals surface area contributed by atoms with Crippen LogP contribution >= 0.6 is 0 Å². The molecule has 0 aliphatic heterocycles. The number of halogens is 2. The molecule has 6 heteroatoms. The third-order valence-electron chi connectivity index (χ3n) is 6.45. The van der Waals surface area contributed by atoms with Gasteiger partial charge in [0.1, 0.15) is 0 Å². The van der Waals surface area contributed by atoms with Gasteiger partial charge < -0.3 is 4.74 Å². The molecule has 0 unspecified atom stereocenters. The Kier molecular flexibility index (Phi) is 12.1. The van der Waals surface area contributed by atoms with E-state index in [0.29, 0.717) is 5.56 Å². The first-order valence-corrected chi connectivity index (χ1v) is 11.7. The zero-order valence-corrected chi connectivity index (χ0v) is 31.7. The Morgan fingerprint density at radius 2 is 1.26 bits per heavy atom. The zero-order valence-electron chi connectivity index (χ0n) is 23.6. The van der Waals surface area contributed by atoms with Gasteiger partial charge in [0, 0.05) is 5.75 Å². The van der Waals surface area contributed by atoms with Crippen LogP contribution in [0.15, 0.2) is 48.5 Å². The first kappa shape index (κ1) is 34.2. The number of hydrogen-bond acceptors (Lipinski definition) is 1. The van der Waals surface area contributed by atoms with Crippen molar-refractivity contribution in [3.63, 3.8) is 0 Å². The van der Waals surface area contributed by atoms with Crippen LogP contribution < -0.4 is 85.7 Å². The van der Waals surface area contributed by atoms with Gasteiger partial charge in [0.25, 0.3) is 0 Å². The Hall–Kier alpha value is -1.82. The van der Waals surface area contributed by atoms with Crippen LogP contribution in [0.3, 0.4) is 0 Å². The molecule has 0 N–H and O–H groups in total. The van der Waals surface area contributed by atoms with E-state index in [9.17, 15) is 0 Å². The van der Waals surface area contributed by atoms with Crippen molar-refractivity contribution in [2.45, 2.75) is 54.6 Å². The van der Waals surface area contributed by atoms with Gasteiger partial charge in [-0.3, -0.25) is 0 Å². The molecule has 4 aromatic rings. The van der Waals surface area contributed by atoms with E-state index in [1.165, 1.54) is 17.2 Å². The number of rotatable bonds is 5. The summed E-state index contributed by atoms with van der Waals surface area (Å²) in [5.74, 6) is 0.0838. The molecule has 1 nitrogen and oxygen atoms in total. The fourth-order valence-corrected chi connectivity index (χ4v) is 4.61. The first-order valence-electron chi connectivity index (χ1n) is 11.7. The standard InChI is InChI=1S/C32H29F2O.Cm.K.Na/c1-19-8-12-29(22(4)14-19)27-16-24(6)31(25(7)17-27)26-10-13-30(23(5)15-26)32(33,34)35-28-11-9-20(2)21(3)18-28;;;/h8,10-11,14-18H,1-7H3;;;/q-3;;2*+1. The molecule has 0 spiro atoms. The monoisotopic (exact) mass is 772 g/mol. The molecule has 0 amide bonds. The Balaban J connectivity index is 0.00000241. The summed E-state index contributed by atoms with van der Waals surface area (Å²) >= 11 is 0. The average molecular weight is 777 g/mol. The fourth-order valence-electron chi connectivity index (χ4n) is 4.61. The molecule has 0 atom stereocenters. The van der Waals surface area contributed by atoms with Crippen LogP contribution in [0.5, 0.6) is 5.75 Å². The van der Waals surface area contributed by atoms with Gasteiger partial charge >= 0.3 is 87.1 Å². The molecule has 0 radical (unpaired) electrons. The van der Waals surface area contributed by atoms with E-state index in [4.69, 9.17) is 4.74 Å². The number of alkyl halides is 2. The fraction of sp³-hybridized carbons (Fsp3) is 0.250. The van der Waals surface area contributed by atoms with E-state index < -0.39 is 6.11 Å². The molecule has 38 heavy (non-hydrogen) atoms. The van der Waals surface area contributed by atoms with Gasteiger partial charge in [-0.25, -0.2) is 0 Å². The minimum atomic E-state index is -3.51. The molecule has 4 aromatic carbocycles. The molecule has 0 saturated carbocycles. The van der Waals surface area contributed by atoms with Crippen LogP contribution in [0.2, 0.25) is 0 Å².